The van der Waals surface area contributed by atoms with Gasteiger partial charge in [-0.3, -0.25) is 0 Å². The number of benzene rings is 2. The Balaban J connectivity index is 2.68. The lowest BCUT2D eigenvalue weighted by Crippen LogP contribution is -2.26. The normalized spacial score (nSPS) is 11.8. The van der Waals surface area contributed by atoms with Crippen LogP contribution < -0.4 is 10.6 Å². The van der Waals surface area contributed by atoms with Gasteiger partial charge in [0, 0.05) is 11.4 Å². The van der Waals surface area contributed by atoms with E-state index in [2.05, 4.69) is 10.6 Å². The van der Waals surface area contributed by atoms with Gasteiger partial charge < -0.3 is 10.6 Å². The Bertz CT molecular complexity index is 1030. The van der Waals surface area contributed by atoms with E-state index in [1.54, 1.807) is 13.8 Å². The fraction of sp³-hybridized carbons (Fsp3) is 0.417. The Morgan fingerprint density at radius 3 is 1.25 bits per heavy atom. The van der Waals surface area contributed by atoms with E-state index >= 15 is 0 Å². The van der Waals surface area contributed by atoms with E-state index in [0.29, 0.717) is 24.2 Å². The van der Waals surface area contributed by atoms with Crippen molar-refractivity contribution in [2.75, 3.05) is 22.1 Å². The van der Waals surface area contributed by atoms with Gasteiger partial charge in [0.1, 0.15) is 5.82 Å². The molecule has 8 heteroatoms. The predicted molar refractivity (Wildman–Crippen MR) is 134 cm³/mol. The smallest absolute Gasteiger partial charge is 0.199 e. The molecule has 2 aromatic carbocycles. The average Bonchev–Trinajstić information content (AvgIpc) is 2.74. The summed E-state index contributed by atoms with van der Waals surface area (Å²) in [4.78, 5) is 0. The van der Waals surface area contributed by atoms with E-state index in [4.69, 9.17) is 0 Å². The Morgan fingerprint density at radius 2 is 0.969 bits per heavy atom. The van der Waals surface area contributed by atoms with E-state index in [-0.39, 0.29) is 17.3 Å². The zero-order valence-corrected chi connectivity index (χ0v) is 20.9. The van der Waals surface area contributed by atoms with Crippen LogP contribution in [0.4, 0.5) is 11.4 Å². The van der Waals surface area contributed by atoms with Crippen molar-refractivity contribution in [1.29, 1.82) is 0 Å². The van der Waals surface area contributed by atoms with Crippen molar-refractivity contribution in [3.8, 4) is 0 Å². The van der Waals surface area contributed by atoms with Gasteiger partial charge in [0.2, 0.25) is 0 Å². The van der Waals surface area contributed by atoms with Gasteiger partial charge in [0.15, 0.2) is 23.9 Å². The van der Waals surface area contributed by atoms with Crippen molar-refractivity contribution >= 4 is 31.0 Å². The summed E-state index contributed by atoms with van der Waals surface area (Å²) in [5.41, 5.74) is 3.46. The molecular weight excluding hydrogens is 444 g/mol. The first-order chi connectivity index (χ1) is 15.2. The van der Waals surface area contributed by atoms with Gasteiger partial charge in [-0.15, -0.1) is 0 Å². The third-order valence-corrected chi connectivity index (χ3v) is 9.93. The van der Waals surface area contributed by atoms with Gasteiger partial charge in [0.05, 0.1) is 11.5 Å². The Kier molecular flexibility index (Phi) is 9.33. The second kappa shape index (κ2) is 11.5. The SMILES string of the molecule is CCCS(=O)(=O)C(=C(Nc1ccc(CC)cc1)Nc1ccc(CC)cc1)S(=O)(=O)CCC. The minimum absolute atomic E-state index is 0.0413. The number of rotatable bonds is 12. The standard InChI is InChI=1S/C24H34N2O4S2/c1-5-17-31(27,28)24(32(29,30)18-6-2)23(25-21-13-9-19(7-3)10-14-21)26-22-15-11-20(8-4)12-16-22/h9-16,25-26H,5-8,17-18H2,1-4H3. The lowest BCUT2D eigenvalue weighted by atomic mass is 10.1. The van der Waals surface area contributed by atoms with Gasteiger partial charge in [-0.2, -0.15) is 0 Å². The molecular formula is C24H34N2O4S2. The van der Waals surface area contributed by atoms with Crippen LogP contribution in [0.5, 0.6) is 0 Å². The summed E-state index contributed by atoms with van der Waals surface area (Å²) in [6, 6.07) is 15.0. The Labute approximate surface area is 193 Å². The number of aryl methyl sites for hydroxylation is 2. The maximum Gasteiger partial charge on any atom is 0.199 e. The molecule has 2 rings (SSSR count). The first kappa shape index (κ1) is 25.9. The van der Waals surface area contributed by atoms with E-state index < -0.39 is 23.9 Å². The summed E-state index contributed by atoms with van der Waals surface area (Å²) >= 11 is 0. The van der Waals surface area contributed by atoms with Crippen LogP contribution in [0, 0.1) is 0 Å². The first-order valence-electron chi connectivity index (χ1n) is 11.1. The number of anilines is 2. The van der Waals surface area contributed by atoms with Crippen molar-refractivity contribution in [3.05, 3.63) is 69.7 Å². The molecule has 2 N–H and O–H groups in total. The van der Waals surface area contributed by atoms with Gasteiger partial charge in [-0.1, -0.05) is 52.0 Å². The molecule has 0 aromatic heterocycles. The molecule has 176 valence electrons. The molecule has 0 aliphatic heterocycles. The largest absolute Gasteiger partial charge is 0.340 e. The highest BCUT2D eigenvalue weighted by atomic mass is 32.3. The highest BCUT2D eigenvalue weighted by Gasteiger charge is 2.34. The maximum absolute atomic E-state index is 13.2. The second-order valence-electron chi connectivity index (χ2n) is 7.65. The van der Waals surface area contributed by atoms with Crippen LogP contribution in [0.1, 0.15) is 51.7 Å². The zero-order chi connectivity index (χ0) is 23.8. The highest BCUT2D eigenvalue weighted by molar-refractivity contribution is 8.14. The van der Waals surface area contributed by atoms with Crippen LogP contribution in [-0.2, 0) is 32.5 Å². The molecule has 0 bridgehead atoms. The number of nitrogens with one attached hydrogen (secondary N) is 2. The van der Waals surface area contributed by atoms with E-state index in [1.165, 1.54) is 0 Å². The van der Waals surface area contributed by atoms with Crippen molar-refractivity contribution in [1.82, 2.24) is 0 Å². The van der Waals surface area contributed by atoms with Crippen molar-refractivity contribution in [2.24, 2.45) is 0 Å². The summed E-state index contributed by atoms with van der Waals surface area (Å²) in [5.74, 6) is -0.538. The summed E-state index contributed by atoms with van der Waals surface area (Å²) in [6.45, 7) is 7.52. The number of hydrogen-bond donors (Lipinski definition) is 2. The van der Waals surface area contributed by atoms with Gasteiger partial charge in [-0.25, -0.2) is 16.8 Å². The molecule has 0 heterocycles. The van der Waals surface area contributed by atoms with Crippen LogP contribution in [-0.4, -0.2) is 28.3 Å². The quantitative estimate of drug-likeness (QED) is 0.440. The zero-order valence-electron chi connectivity index (χ0n) is 19.3. The third kappa shape index (κ3) is 6.84. The van der Waals surface area contributed by atoms with Crippen molar-refractivity contribution in [3.63, 3.8) is 0 Å². The van der Waals surface area contributed by atoms with Crippen molar-refractivity contribution in [2.45, 2.75) is 53.4 Å². The van der Waals surface area contributed by atoms with Crippen LogP contribution in [0.15, 0.2) is 58.6 Å². The molecule has 0 saturated carbocycles. The van der Waals surface area contributed by atoms with E-state index in [9.17, 15) is 16.8 Å². The van der Waals surface area contributed by atoms with Gasteiger partial charge in [0.25, 0.3) is 0 Å². The molecule has 0 aliphatic rings. The van der Waals surface area contributed by atoms with Gasteiger partial charge >= 0.3 is 0 Å². The summed E-state index contributed by atoms with van der Waals surface area (Å²) in [5, 5.41) is 6.09. The fourth-order valence-corrected chi connectivity index (χ4v) is 7.62. The number of sulfone groups is 2. The summed E-state index contributed by atoms with van der Waals surface area (Å²) in [7, 11) is -8.10. The third-order valence-electron chi connectivity index (χ3n) is 4.98. The first-order valence-corrected chi connectivity index (χ1v) is 14.4. The molecule has 0 spiro atoms. The van der Waals surface area contributed by atoms with E-state index in [0.717, 1.165) is 24.0 Å². The molecule has 0 unspecified atom stereocenters. The topological polar surface area (TPSA) is 92.3 Å². The van der Waals surface area contributed by atoms with Crippen LogP contribution in [0.3, 0.4) is 0 Å². The molecule has 0 fully saturated rings. The monoisotopic (exact) mass is 478 g/mol. The Hall–Kier alpha value is -2.32. The molecule has 0 radical (unpaired) electrons. The predicted octanol–water partition coefficient (Wildman–Crippen LogP) is 5.11. The van der Waals surface area contributed by atoms with Crippen LogP contribution in [0.2, 0.25) is 0 Å². The minimum atomic E-state index is -4.05. The molecule has 2 aromatic rings. The highest BCUT2D eigenvalue weighted by Crippen LogP contribution is 2.26. The molecule has 0 atom stereocenters. The van der Waals surface area contributed by atoms with E-state index in [1.807, 2.05) is 62.4 Å². The number of hydrogen-bond acceptors (Lipinski definition) is 6. The van der Waals surface area contributed by atoms with Gasteiger partial charge in [-0.05, 0) is 61.1 Å². The lowest BCUT2D eigenvalue weighted by Gasteiger charge is -2.19. The van der Waals surface area contributed by atoms with Crippen LogP contribution >= 0.6 is 0 Å². The molecule has 6 nitrogen and oxygen atoms in total. The maximum atomic E-state index is 13.2. The average molecular weight is 479 g/mol. The van der Waals surface area contributed by atoms with Crippen molar-refractivity contribution < 1.29 is 16.8 Å². The molecule has 0 saturated heterocycles. The summed E-state index contributed by atoms with van der Waals surface area (Å²) in [6.07, 6.45) is 2.37. The summed E-state index contributed by atoms with van der Waals surface area (Å²) < 4.78 is 52.1. The Morgan fingerprint density at radius 1 is 0.625 bits per heavy atom. The fourth-order valence-electron chi connectivity index (χ4n) is 3.30. The lowest BCUT2D eigenvalue weighted by molar-refractivity contribution is 0.593. The molecule has 32 heavy (non-hydrogen) atoms. The molecule has 0 aliphatic carbocycles. The molecule has 0 amide bonds. The second-order valence-corrected chi connectivity index (χ2v) is 12.0. The van der Waals surface area contributed by atoms with Crippen LogP contribution in [0.25, 0.3) is 0 Å². The minimum Gasteiger partial charge on any atom is -0.340 e.